The van der Waals surface area contributed by atoms with Crippen molar-refractivity contribution in [3.8, 4) is 0 Å². The SMILES string of the molecule is CNC(Cc1cccc(C)c1)Cc1ccc(Cl)c(Cl)c1. The molecule has 0 saturated heterocycles. The van der Waals surface area contributed by atoms with Crippen molar-refractivity contribution in [3.63, 3.8) is 0 Å². The lowest BCUT2D eigenvalue weighted by molar-refractivity contribution is 0.556. The molecule has 0 amide bonds. The van der Waals surface area contributed by atoms with E-state index in [1.165, 1.54) is 16.7 Å². The van der Waals surface area contributed by atoms with Crippen molar-refractivity contribution in [1.29, 1.82) is 0 Å². The van der Waals surface area contributed by atoms with Gasteiger partial charge in [-0.3, -0.25) is 0 Å². The third-order valence-corrected chi connectivity index (χ3v) is 4.18. The van der Waals surface area contributed by atoms with E-state index in [-0.39, 0.29) is 0 Å². The molecule has 0 aromatic heterocycles. The second-order valence-corrected chi connectivity index (χ2v) is 5.95. The molecule has 3 heteroatoms. The largest absolute Gasteiger partial charge is 0.316 e. The Kier molecular flexibility index (Phi) is 5.47. The molecular formula is C17H19Cl2N. The minimum absolute atomic E-state index is 0.383. The van der Waals surface area contributed by atoms with Crippen LogP contribution >= 0.6 is 23.2 Å². The highest BCUT2D eigenvalue weighted by Crippen LogP contribution is 2.23. The number of hydrogen-bond acceptors (Lipinski definition) is 1. The first-order chi connectivity index (χ1) is 9.58. The van der Waals surface area contributed by atoms with Gasteiger partial charge in [-0.1, -0.05) is 59.1 Å². The van der Waals surface area contributed by atoms with E-state index in [2.05, 4.69) is 36.5 Å². The van der Waals surface area contributed by atoms with Gasteiger partial charge in [0.05, 0.1) is 10.0 Å². The lowest BCUT2D eigenvalue weighted by Gasteiger charge is -2.17. The van der Waals surface area contributed by atoms with Gasteiger partial charge in [0.15, 0.2) is 0 Å². The van der Waals surface area contributed by atoms with Gasteiger partial charge in [-0.2, -0.15) is 0 Å². The summed E-state index contributed by atoms with van der Waals surface area (Å²) in [5.41, 5.74) is 3.85. The van der Waals surface area contributed by atoms with E-state index in [0.29, 0.717) is 16.1 Å². The fraction of sp³-hybridized carbons (Fsp3) is 0.294. The lowest BCUT2D eigenvalue weighted by Crippen LogP contribution is -2.29. The number of aryl methyl sites for hydroxylation is 1. The molecule has 0 spiro atoms. The molecule has 1 N–H and O–H groups in total. The molecule has 20 heavy (non-hydrogen) atoms. The van der Waals surface area contributed by atoms with Gasteiger partial charge in [-0.25, -0.2) is 0 Å². The highest BCUT2D eigenvalue weighted by molar-refractivity contribution is 6.42. The molecule has 106 valence electrons. The van der Waals surface area contributed by atoms with Crippen molar-refractivity contribution in [3.05, 3.63) is 69.2 Å². The number of rotatable bonds is 5. The molecule has 1 nitrogen and oxygen atoms in total. The second-order valence-electron chi connectivity index (χ2n) is 5.13. The average Bonchev–Trinajstić information content (AvgIpc) is 2.42. The van der Waals surface area contributed by atoms with Crippen LogP contribution in [0.3, 0.4) is 0 Å². The van der Waals surface area contributed by atoms with Crippen molar-refractivity contribution >= 4 is 23.2 Å². The first-order valence-electron chi connectivity index (χ1n) is 6.75. The van der Waals surface area contributed by atoms with Gasteiger partial charge in [0.25, 0.3) is 0 Å². The number of nitrogens with one attached hydrogen (secondary N) is 1. The van der Waals surface area contributed by atoms with Crippen LogP contribution in [-0.2, 0) is 12.8 Å². The van der Waals surface area contributed by atoms with Gasteiger partial charge in [0.1, 0.15) is 0 Å². The van der Waals surface area contributed by atoms with Crippen molar-refractivity contribution in [1.82, 2.24) is 5.32 Å². The molecule has 0 aliphatic heterocycles. The summed E-state index contributed by atoms with van der Waals surface area (Å²) < 4.78 is 0. The molecule has 0 aliphatic rings. The summed E-state index contributed by atoms with van der Waals surface area (Å²) in [6.07, 6.45) is 1.93. The van der Waals surface area contributed by atoms with Crippen LogP contribution in [0.1, 0.15) is 16.7 Å². The Balaban J connectivity index is 2.07. The van der Waals surface area contributed by atoms with E-state index < -0.39 is 0 Å². The number of likely N-dealkylation sites (N-methyl/N-ethyl adjacent to an activating group) is 1. The zero-order chi connectivity index (χ0) is 14.5. The smallest absolute Gasteiger partial charge is 0.0595 e. The second kappa shape index (κ2) is 7.12. The van der Waals surface area contributed by atoms with Crippen molar-refractivity contribution < 1.29 is 0 Å². The standard InChI is InChI=1S/C17H19Cl2N/c1-12-4-3-5-13(8-12)9-15(20-2)10-14-6-7-16(18)17(19)11-14/h3-8,11,15,20H,9-10H2,1-2H3. The number of hydrogen-bond donors (Lipinski definition) is 1. The van der Waals surface area contributed by atoms with Crippen LogP contribution in [0.15, 0.2) is 42.5 Å². The third-order valence-electron chi connectivity index (χ3n) is 3.44. The van der Waals surface area contributed by atoms with Gasteiger partial charge in [-0.15, -0.1) is 0 Å². The van der Waals surface area contributed by atoms with Gasteiger partial charge in [0, 0.05) is 6.04 Å². The van der Waals surface area contributed by atoms with E-state index in [1.807, 2.05) is 25.2 Å². The van der Waals surface area contributed by atoms with Gasteiger partial charge in [-0.05, 0) is 50.1 Å². The molecule has 0 heterocycles. The first-order valence-corrected chi connectivity index (χ1v) is 7.51. The lowest BCUT2D eigenvalue weighted by atomic mass is 9.98. The minimum atomic E-state index is 0.383. The Labute approximate surface area is 130 Å². The van der Waals surface area contributed by atoms with E-state index in [9.17, 15) is 0 Å². The minimum Gasteiger partial charge on any atom is -0.316 e. The molecule has 0 bridgehead atoms. The Morgan fingerprint density at radius 3 is 2.25 bits per heavy atom. The summed E-state index contributed by atoms with van der Waals surface area (Å²) in [6.45, 7) is 2.12. The predicted octanol–water partition coefficient (Wildman–Crippen LogP) is 4.68. The van der Waals surface area contributed by atoms with E-state index in [4.69, 9.17) is 23.2 Å². The van der Waals surface area contributed by atoms with Crippen LogP contribution in [0.5, 0.6) is 0 Å². The molecular weight excluding hydrogens is 289 g/mol. The molecule has 2 aromatic rings. The third kappa shape index (κ3) is 4.24. The molecule has 0 fully saturated rings. The highest BCUT2D eigenvalue weighted by atomic mass is 35.5. The summed E-state index contributed by atoms with van der Waals surface area (Å²) in [5, 5.41) is 4.60. The fourth-order valence-electron chi connectivity index (χ4n) is 2.35. The van der Waals surface area contributed by atoms with Crippen molar-refractivity contribution in [2.75, 3.05) is 7.05 Å². The molecule has 0 radical (unpaired) electrons. The molecule has 1 unspecified atom stereocenters. The van der Waals surface area contributed by atoms with Crippen molar-refractivity contribution in [2.24, 2.45) is 0 Å². The zero-order valence-electron chi connectivity index (χ0n) is 11.8. The Morgan fingerprint density at radius 2 is 1.65 bits per heavy atom. The van der Waals surface area contributed by atoms with Gasteiger partial charge >= 0.3 is 0 Å². The van der Waals surface area contributed by atoms with E-state index in [1.54, 1.807) is 0 Å². The van der Waals surface area contributed by atoms with Crippen molar-refractivity contribution in [2.45, 2.75) is 25.8 Å². The first kappa shape index (κ1) is 15.4. The maximum atomic E-state index is 6.07. The molecule has 0 aliphatic carbocycles. The summed E-state index contributed by atoms with van der Waals surface area (Å²) >= 11 is 12.0. The fourth-order valence-corrected chi connectivity index (χ4v) is 2.67. The Hall–Kier alpha value is -1.02. The van der Waals surface area contributed by atoms with Crippen LogP contribution in [0, 0.1) is 6.92 Å². The van der Waals surface area contributed by atoms with Crippen LogP contribution in [0.4, 0.5) is 0 Å². The van der Waals surface area contributed by atoms with E-state index >= 15 is 0 Å². The summed E-state index contributed by atoms with van der Waals surface area (Å²) in [7, 11) is 2.00. The van der Waals surface area contributed by atoms with Gasteiger partial charge in [0.2, 0.25) is 0 Å². The maximum Gasteiger partial charge on any atom is 0.0595 e. The quantitative estimate of drug-likeness (QED) is 0.846. The average molecular weight is 308 g/mol. The van der Waals surface area contributed by atoms with Crippen LogP contribution in [0.25, 0.3) is 0 Å². The highest BCUT2D eigenvalue weighted by Gasteiger charge is 2.10. The monoisotopic (exact) mass is 307 g/mol. The summed E-state index contributed by atoms with van der Waals surface area (Å²) in [4.78, 5) is 0. The number of benzene rings is 2. The van der Waals surface area contributed by atoms with Crippen LogP contribution in [0.2, 0.25) is 10.0 Å². The Bertz CT molecular complexity index is 581. The number of halogens is 2. The molecule has 0 saturated carbocycles. The topological polar surface area (TPSA) is 12.0 Å². The molecule has 2 aromatic carbocycles. The van der Waals surface area contributed by atoms with E-state index in [0.717, 1.165) is 12.8 Å². The zero-order valence-corrected chi connectivity index (χ0v) is 13.3. The van der Waals surface area contributed by atoms with Crippen LogP contribution in [-0.4, -0.2) is 13.1 Å². The summed E-state index contributed by atoms with van der Waals surface area (Å²) in [6, 6.07) is 14.9. The molecule has 1 atom stereocenters. The Morgan fingerprint density at radius 1 is 0.950 bits per heavy atom. The predicted molar refractivity (Wildman–Crippen MR) is 87.9 cm³/mol. The normalized spacial score (nSPS) is 12.4. The maximum absolute atomic E-state index is 6.07. The van der Waals surface area contributed by atoms with Gasteiger partial charge < -0.3 is 5.32 Å². The molecule has 2 rings (SSSR count). The summed E-state index contributed by atoms with van der Waals surface area (Å²) in [5.74, 6) is 0. The van der Waals surface area contributed by atoms with Crippen LogP contribution < -0.4 is 5.32 Å².